The van der Waals surface area contributed by atoms with Crippen molar-refractivity contribution in [3.05, 3.63) is 81.4 Å². The molecule has 0 bridgehead atoms. The van der Waals surface area contributed by atoms with Gasteiger partial charge >= 0.3 is 0 Å². The third kappa shape index (κ3) is 4.14. The summed E-state index contributed by atoms with van der Waals surface area (Å²) in [6, 6.07) is 9.93. The fourth-order valence-electron chi connectivity index (χ4n) is 3.24. The predicted molar refractivity (Wildman–Crippen MR) is 112 cm³/mol. The van der Waals surface area contributed by atoms with Gasteiger partial charge in [-0.1, -0.05) is 0 Å². The number of anilines is 1. The van der Waals surface area contributed by atoms with E-state index < -0.39 is 10.8 Å². The topological polar surface area (TPSA) is 93.3 Å². The zero-order valence-electron chi connectivity index (χ0n) is 17.1. The molecule has 1 amide bonds. The third-order valence-corrected chi connectivity index (χ3v) is 4.85. The number of aromatic nitrogens is 2. The van der Waals surface area contributed by atoms with E-state index in [0.717, 1.165) is 11.3 Å². The maximum absolute atomic E-state index is 13.2. The number of rotatable bonds is 6. The average Bonchev–Trinajstić information content (AvgIpc) is 3.09. The Bertz CT molecular complexity index is 1090. The molecule has 0 aliphatic rings. The van der Waals surface area contributed by atoms with E-state index in [2.05, 4.69) is 10.4 Å². The van der Waals surface area contributed by atoms with Gasteiger partial charge in [-0.15, -0.1) is 0 Å². The molecule has 0 fully saturated rings. The summed E-state index contributed by atoms with van der Waals surface area (Å²) in [5, 5.41) is 18.5. The minimum Gasteiger partial charge on any atom is -0.372 e. The Morgan fingerprint density at radius 2 is 1.90 bits per heavy atom. The maximum Gasteiger partial charge on any atom is 0.293 e. The molecule has 3 rings (SSSR count). The molecule has 1 heterocycles. The van der Waals surface area contributed by atoms with Crippen molar-refractivity contribution in [2.45, 2.75) is 19.9 Å². The first-order valence-corrected chi connectivity index (χ1v) is 9.26. The van der Waals surface area contributed by atoms with Crippen LogP contribution >= 0.6 is 0 Å². The van der Waals surface area contributed by atoms with Gasteiger partial charge in [0.15, 0.2) is 0 Å². The highest BCUT2D eigenvalue weighted by Gasteiger charge is 2.21. The van der Waals surface area contributed by atoms with Crippen molar-refractivity contribution in [3.8, 4) is 5.69 Å². The molecule has 0 aliphatic carbocycles. The highest BCUT2D eigenvalue weighted by Crippen LogP contribution is 2.28. The third-order valence-electron chi connectivity index (χ3n) is 4.85. The van der Waals surface area contributed by atoms with Crippen LogP contribution in [0.25, 0.3) is 5.69 Å². The molecular weight excluding hydrogens is 389 g/mol. The Kier molecular flexibility index (Phi) is 5.81. The number of nitro benzene ring substituents is 1. The summed E-state index contributed by atoms with van der Waals surface area (Å²) in [5.74, 6) is -0.761. The lowest BCUT2D eigenvalue weighted by molar-refractivity contribution is -0.384. The van der Waals surface area contributed by atoms with Crippen molar-refractivity contribution in [3.63, 3.8) is 0 Å². The van der Waals surface area contributed by atoms with Crippen molar-refractivity contribution in [1.82, 2.24) is 15.1 Å². The Balaban J connectivity index is 1.82. The number of nitro groups is 1. The second kappa shape index (κ2) is 8.32. The van der Waals surface area contributed by atoms with E-state index in [1.807, 2.05) is 6.92 Å². The summed E-state index contributed by atoms with van der Waals surface area (Å²) < 4.78 is 14.8. The SMILES string of the molecule is Cc1c([C@H](C)NC(=O)c2ccc(N(C)C)c([N+](=O)[O-])c2)cnn1-c1ccc(F)cc1. The monoisotopic (exact) mass is 411 g/mol. The molecule has 0 saturated heterocycles. The number of halogens is 1. The molecule has 8 nitrogen and oxygen atoms in total. The van der Waals surface area contributed by atoms with Gasteiger partial charge in [0.05, 0.1) is 22.8 Å². The Labute approximate surface area is 173 Å². The van der Waals surface area contributed by atoms with Gasteiger partial charge in [-0.25, -0.2) is 9.07 Å². The normalized spacial score (nSPS) is 11.8. The van der Waals surface area contributed by atoms with Gasteiger partial charge in [-0.2, -0.15) is 5.10 Å². The first-order chi connectivity index (χ1) is 14.2. The average molecular weight is 411 g/mol. The van der Waals surface area contributed by atoms with E-state index in [0.29, 0.717) is 11.4 Å². The molecule has 1 aromatic heterocycles. The van der Waals surface area contributed by atoms with E-state index in [1.165, 1.54) is 18.2 Å². The van der Waals surface area contributed by atoms with E-state index >= 15 is 0 Å². The van der Waals surface area contributed by atoms with Crippen molar-refractivity contribution < 1.29 is 14.1 Å². The number of nitrogens with one attached hydrogen (secondary N) is 1. The zero-order chi connectivity index (χ0) is 22.0. The van der Waals surface area contributed by atoms with Gasteiger partial charge in [-0.3, -0.25) is 14.9 Å². The first-order valence-electron chi connectivity index (χ1n) is 9.26. The minimum absolute atomic E-state index is 0.138. The van der Waals surface area contributed by atoms with Gasteiger partial charge in [0.1, 0.15) is 11.5 Å². The highest BCUT2D eigenvalue weighted by atomic mass is 19.1. The van der Waals surface area contributed by atoms with Crippen LogP contribution in [-0.4, -0.2) is 34.7 Å². The van der Waals surface area contributed by atoms with Gasteiger partial charge < -0.3 is 10.2 Å². The standard InChI is InChI=1S/C21H22FN5O3/c1-13(18-12-23-26(14(18)2)17-8-6-16(22)7-9-17)24-21(28)15-5-10-19(25(3)4)20(11-15)27(29)30/h5-13H,1-4H3,(H,24,28)/t13-/m0/s1. The van der Waals surface area contributed by atoms with Crippen molar-refractivity contribution in [2.24, 2.45) is 0 Å². The van der Waals surface area contributed by atoms with E-state index in [9.17, 15) is 19.3 Å². The van der Waals surface area contributed by atoms with Gasteiger partial charge in [0, 0.05) is 37.0 Å². The number of carbonyl (C=O) groups is 1. The quantitative estimate of drug-likeness (QED) is 0.492. The predicted octanol–water partition coefficient (Wildman–Crippen LogP) is 3.79. The lowest BCUT2D eigenvalue weighted by Gasteiger charge is -2.16. The van der Waals surface area contributed by atoms with Gasteiger partial charge in [0.2, 0.25) is 0 Å². The fourth-order valence-corrected chi connectivity index (χ4v) is 3.24. The summed E-state index contributed by atoms with van der Waals surface area (Å²) >= 11 is 0. The number of carbonyl (C=O) groups excluding carboxylic acids is 1. The van der Waals surface area contributed by atoms with Crippen LogP contribution in [0.4, 0.5) is 15.8 Å². The molecule has 30 heavy (non-hydrogen) atoms. The molecule has 1 atom stereocenters. The van der Waals surface area contributed by atoms with Crippen LogP contribution in [0.15, 0.2) is 48.7 Å². The van der Waals surface area contributed by atoms with Crippen molar-refractivity contribution >= 4 is 17.3 Å². The van der Waals surface area contributed by atoms with Gasteiger partial charge in [-0.05, 0) is 50.2 Å². The molecule has 1 N–H and O–H groups in total. The summed E-state index contributed by atoms with van der Waals surface area (Å²) in [5.41, 5.74) is 2.76. The maximum atomic E-state index is 13.2. The van der Waals surface area contributed by atoms with E-state index in [4.69, 9.17) is 0 Å². The number of benzene rings is 2. The van der Waals surface area contributed by atoms with Crippen molar-refractivity contribution in [2.75, 3.05) is 19.0 Å². The molecule has 2 aromatic carbocycles. The molecule has 0 radical (unpaired) electrons. The van der Waals surface area contributed by atoms with Crippen LogP contribution in [0.2, 0.25) is 0 Å². The fraction of sp³-hybridized carbons (Fsp3) is 0.238. The number of amides is 1. The van der Waals surface area contributed by atoms with Crippen LogP contribution in [0.1, 0.15) is 34.6 Å². The largest absolute Gasteiger partial charge is 0.372 e. The molecule has 0 aliphatic heterocycles. The summed E-state index contributed by atoms with van der Waals surface area (Å²) in [6.45, 7) is 3.66. The Morgan fingerprint density at radius 3 is 2.50 bits per heavy atom. The summed E-state index contributed by atoms with van der Waals surface area (Å²) in [6.07, 6.45) is 1.64. The van der Waals surface area contributed by atoms with Crippen LogP contribution < -0.4 is 10.2 Å². The lowest BCUT2D eigenvalue weighted by atomic mass is 10.1. The second-order valence-corrected chi connectivity index (χ2v) is 7.12. The minimum atomic E-state index is -0.508. The van der Waals surface area contributed by atoms with Gasteiger partial charge in [0.25, 0.3) is 11.6 Å². The molecule has 0 spiro atoms. The van der Waals surface area contributed by atoms with Crippen LogP contribution in [0.3, 0.4) is 0 Å². The summed E-state index contributed by atoms with van der Waals surface area (Å²) in [4.78, 5) is 25.2. The van der Waals surface area contributed by atoms with Crippen LogP contribution in [0.5, 0.6) is 0 Å². The molecule has 3 aromatic rings. The van der Waals surface area contributed by atoms with Crippen LogP contribution in [-0.2, 0) is 0 Å². The lowest BCUT2D eigenvalue weighted by Crippen LogP contribution is -2.27. The smallest absolute Gasteiger partial charge is 0.293 e. The van der Waals surface area contributed by atoms with Crippen molar-refractivity contribution in [1.29, 1.82) is 0 Å². The summed E-state index contributed by atoms with van der Waals surface area (Å²) in [7, 11) is 3.40. The Morgan fingerprint density at radius 1 is 1.23 bits per heavy atom. The molecule has 9 heteroatoms. The van der Waals surface area contributed by atoms with E-state index in [1.54, 1.807) is 61.1 Å². The number of hydrogen-bond acceptors (Lipinski definition) is 5. The second-order valence-electron chi connectivity index (χ2n) is 7.12. The zero-order valence-corrected chi connectivity index (χ0v) is 17.1. The molecule has 0 saturated carbocycles. The van der Waals surface area contributed by atoms with E-state index in [-0.39, 0.29) is 23.1 Å². The first kappa shape index (κ1) is 21.0. The number of nitrogens with zero attached hydrogens (tertiary/aromatic N) is 4. The van der Waals surface area contributed by atoms with Crippen LogP contribution in [0, 0.1) is 22.9 Å². The number of hydrogen-bond donors (Lipinski definition) is 1. The molecule has 156 valence electrons. The molecular formula is C21H22FN5O3. The molecule has 0 unspecified atom stereocenters. The highest BCUT2D eigenvalue weighted by molar-refractivity contribution is 5.96. The Hall–Kier alpha value is -3.75.